The average Bonchev–Trinajstić information content (AvgIpc) is 2.70. The number of nitrogens with one attached hydrogen (secondary N) is 1. The summed E-state index contributed by atoms with van der Waals surface area (Å²) in [7, 11) is 0. The minimum Gasteiger partial charge on any atom is -0.350 e. The van der Waals surface area contributed by atoms with Gasteiger partial charge in [-0.3, -0.25) is 4.79 Å². The molecule has 3 heteroatoms. The van der Waals surface area contributed by atoms with Crippen molar-refractivity contribution in [1.29, 1.82) is 0 Å². The molecule has 1 rings (SSSR count). The first-order chi connectivity index (χ1) is 7.09. The van der Waals surface area contributed by atoms with E-state index >= 15 is 0 Å². The number of carbonyl (C=O) groups is 1. The van der Waals surface area contributed by atoms with Crippen LogP contribution in [0.3, 0.4) is 0 Å². The SMILES string of the molecule is CCC(C)(CBr)NC(=O)CC1CCCC1. The third-order valence-corrected chi connectivity index (χ3v) is 4.70. The lowest BCUT2D eigenvalue weighted by molar-refractivity contribution is -0.123. The van der Waals surface area contributed by atoms with Gasteiger partial charge in [-0.1, -0.05) is 35.7 Å². The Kier molecular flexibility index (Phi) is 5.10. The fourth-order valence-corrected chi connectivity index (χ4v) is 2.62. The number of rotatable bonds is 5. The Bertz CT molecular complexity index is 208. The van der Waals surface area contributed by atoms with Gasteiger partial charge >= 0.3 is 0 Å². The maximum absolute atomic E-state index is 11.8. The topological polar surface area (TPSA) is 29.1 Å². The van der Waals surface area contributed by atoms with Crippen molar-refractivity contribution >= 4 is 21.8 Å². The molecule has 1 atom stereocenters. The number of hydrogen-bond donors (Lipinski definition) is 1. The molecule has 1 saturated carbocycles. The van der Waals surface area contributed by atoms with Crippen LogP contribution in [0.15, 0.2) is 0 Å². The van der Waals surface area contributed by atoms with Gasteiger partial charge in [0.1, 0.15) is 0 Å². The lowest BCUT2D eigenvalue weighted by Gasteiger charge is -2.28. The summed E-state index contributed by atoms with van der Waals surface area (Å²) in [5.74, 6) is 0.868. The third kappa shape index (κ3) is 4.13. The average molecular weight is 276 g/mol. The van der Waals surface area contributed by atoms with Crippen LogP contribution in [0.2, 0.25) is 0 Å². The van der Waals surface area contributed by atoms with Gasteiger partial charge in [0.15, 0.2) is 0 Å². The highest BCUT2D eigenvalue weighted by molar-refractivity contribution is 9.09. The van der Waals surface area contributed by atoms with Gasteiger partial charge in [0, 0.05) is 17.3 Å². The normalized spacial score (nSPS) is 21.3. The monoisotopic (exact) mass is 275 g/mol. The van der Waals surface area contributed by atoms with Gasteiger partial charge in [-0.05, 0) is 32.1 Å². The van der Waals surface area contributed by atoms with Crippen molar-refractivity contribution in [2.75, 3.05) is 5.33 Å². The van der Waals surface area contributed by atoms with Crippen molar-refractivity contribution in [3.05, 3.63) is 0 Å². The molecule has 0 saturated heterocycles. The van der Waals surface area contributed by atoms with E-state index in [0.717, 1.165) is 18.2 Å². The van der Waals surface area contributed by atoms with E-state index in [0.29, 0.717) is 5.92 Å². The highest BCUT2D eigenvalue weighted by Gasteiger charge is 2.25. The van der Waals surface area contributed by atoms with Gasteiger partial charge in [0.2, 0.25) is 5.91 Å². The Morgan fingerprint density at radius 1 is 1.47 bits per heavy atom. The van der Waals surface area contributed by atoms with Crippen molar-refractivity contribution in [3.63, 3.8) is 0 Å². The molecule has 0 bridgehead atoms. The fourth-order valence-electron chi connectivity index (χ4n) is 2.08. The van der Waals surface area contributed by atoms with Gasteiger partial charge in [-0.25, -0.2) is 0 Å². The largest absolute Gasteiger partial charge is 0.350 e. The Morgan fingerprint density at radius 3 is 2.53 bits per heavy atom. The number of amides is 1. The van der Waals surface area contributed by atoms with E-state index in [1.165, 1.54) is 25.7 Å². The van der Waals surface area contributed by atoms with Crippen LogP contribution in [0, 0.1) is 5.92 Å². The Labute approximate surface area is 101 Å². The molecule has 1 N–H and O–H groups in total. The first kappa shape index (κ1) is 13.0. The van der Waals surface area contributed by atoms with Crippen molar-refractivity contribution in [2.24, 2.45) is 5.92 Å². The molecule has 0 radical (unpaired) electrons. The van der Waals surface area contributed by atoms with Crippen molar-refractivity contribution in [2.45, 2.75) is 57.9 Å². The molecule has 2 nitrogen and oxygen atoms in total. The molecule has 0 spiro atoms. The third-order valence-electron chi connectivity index (χ3n) is 3.47. The summed E-state index contributed by atoms with van der Waals surface area (Å²) in [4.78, 5) is 11.8. The Balaban J connectivity index is 2.33. The van der Waals surface area contributed by atoms with Gasteiger partial charge in [0.05, 0.1) is 0 Å². The predicted octanol–water partition coefficient (Wildman–Crippen LogP) is 3.25. The Hall–Kier alpha value is -0.0500. The van der Waals surface area contributed by atoms with Crippen LogP contribution in [-0.2, 0) is 4.79 Å². The summed E-state index contributed by atoms with van der Waals surface area (Å²) >= 11 is 3.46. The van der Waals surface area contributed by atoms with Gasteiger partial charge in [0.25, 0.3) is 0 Å². The summed E-state index contributed by atoms with van der Waals surface area (Å²) in [6.07, 6.45) is 6.79. The van der Waals surface area contributed by atoms with E-state index in [4.69, 9.17) is 0 Å². The van der Waals surface area contributed by atoms with Crippen LogP contribution in [0.5, 0.6) is 0 Å². The van der Waals surface area contributed by atoms with Gasteiger partial charge < -0.3 is 5.32 Å². The highest BCUT2D eigenvalue weighted by Crippen LogP contribution is 2.27. The molecular weight excluding hydrogens is 254 g/mol. The number of carbonyl (C=O) groups excluding carboxylic acids is 1. The molecule has 1 amide bonds. The lowest BCUT2D eigenvalue weighted by Crippen LogP contribution is -2.47. The minimum atomic E-state index is -0.0737. The Morgan fingerprint density at radius 2 is 2.07 bits per heavy atom. The summed E-state index contributed by atoms with van der Waals surface area (Å²) in [6, 6.07) is 0. The molecule has 1 fully saturated rings. The quantitative estimate of drug-likeness (QED) is 0.767. The maximum atomic E-state index is 11.8. The molecule has 15 heavy (non-hydrogen) atoms. The van der Waals surface area contributed by atoms with Crippen molar-refractivity contribution in [3.8, 4) is 0 Å². The van der Waals surface area contributed by atoms with Crippen molar-refractivity contribution < 1.29 is 4.79 Å². The molecule has 1 unspecified atom stereocenters. The van der Waals surface area contributed by atoms with Crippen LogP contribution in [0.1, 0.15) is 52.4 Å². The number of halogens is 1. The number of alkyl halides is 1. The molecule has 1 aliphatic rings. The minimum absolute atomic E-state index is 0.0737. The van der Waals surface area contributed by atoms with Crippen molar-refractivity contribution in [1.82, 2.24) is 5.32 Å². The first-order valence-corrected chi connectivity index (χ1v) is 7.09. The predicted molar refractivity (Wildman–Crippen MR) is 67.2 cm³/mol. The summed E-state index contributed by atoms with van der Waals surface area (Å²) < 4.78 is 0. The molecule has 88 valence electrons. The second-order valence-electron chi connectivity index (χ2n) is 4.95. The molecule has 0 aromatic heterocycles. The lowest BCUT2D eigenvalue weighted by atomic mass is 9.99. The second kappa shape index (κ2) is 5.88. The first-order valence-electron chi connectivity index (χ1n) is 5.96. The van der Waals surface area contributed by atoms with E-state index in [1.54, 1.807) is 0 Å². The highest BCUT2D eigenvalue weighted by atomic mass is 79.9. The fraction of sp³-hybridized carbons (Fsp3) is 0.917. The van der Waals surface area contributed by atoms with E-state index in [9.17, 15) is 4.79 Å². The van der Waals surface area contributed by atoms with Crippen LogP contribution in [-0.4, -0.2) is 16.8 Å². The van der Waals surface area contributed by atoms with Crippen LogP contribution < -0.4 is 5.32 Å². The van der Waals surface area contributed by atoms with E-state index in [1.807, 2.05) is 0 Å². The second-order valence-corrected chi connectivity index (χ2v) is 5.51. The maximum Gasteiger partial charge on any atom is 0.220 e. The smallest absolute Gasteiger partial charge is 0.220 e. The summed E-state index contributed by atoms with van der Waals surface area (Å²) in [5, 5.41) is 3.96. The molecular formula is C12H22BrNO. The van der Waals surface area contributed by atoms with E-state index in [2.05, 4.69) is 35.1 Å². The molecule has 0 heterocycles. The van der Waals surface area contributed by atoms with Crippen LogP contribution in [0.25, 0.3) is 0 Å². The molecule has 0 aliphatic heterocycles. The van der Waals surface area contributed by atoms with E-state index in [-0.39, 0.29) is 11.4 Å². The van der Waals surface area contributed by atoms with Gasteiger partial charge in [-0.15, -0.1) is 0 Å². The van der Waals surface area contributed by atoms with E-state index < -0.39 is 0 Å². The molecule has 0 aromatic rings. The molecule has 1 aliphatic carbocycles. The zero-order chi connectivity index (χ0) is 11.3. The number of hydrogen-bond acceptors (Lipinski definition) is 1. The summed E-state index contributed by atoms with van der Waals surface area (Å²) in [6.45, 7) is 4.20. The zero-order valence-electron chi connectivity index (χ0n) is 9.81. The zero-order valence-corrected chi connectivity index (χ0v) is 11.4. The molecule has 0 aromatic carbocycles. The van der Waals surface area contributed by atoms with Crippen LogP contribution >= 0.6 is 15.9 Å². The summed E-state index contributed by atoms with van der Waals surface area (Å²) in [5.41, 5.74) is -0.0737. The van der Waals surface area contributed by atoms with Crippen LogP contribution in [0.4, 0.5) is 0 Å². The standard InChI is InChI=1S/C12H22BrNO/c1-3-12(2,9-13)14-11(15)8-10-6-4-5-7-10/h10H,3-9H2,1-2H3,(H,14,15). The van der Waals surface area contributed by atoms with Gasteiger partial charge in [-0.2, -0.15) is 0 Å².